The SMILES string of the molecule is c1ccc(-c2ccc(N(c3ccc(-c4ccccc4)cc3)c3ccc4c(c3)-c3ccccc3S4(c3ccccc3)c3ccccc3)cc2)cc1. The van der Waals surface area contributed by atoms with Crippen molar-refractivity contribution in [3.63, 3.8) is 0 Å². The number of rotatable bonds is 7. The molecule has 0 atom stereocenters. The van der Waals surface area contributed by atoms with Crippen LogP contribution in [-0.4, -0.2) is 0 Å². The van der Waals surface area contributed by atoms with E-state index in [2.05, 4.69) is 217 Å². The first-order valence-corrected chi connectivity index (χ1v) is 18.7. The van der Waals surface area contributed by atoms with Crippen molar-refractivity contribution in [2.45, 2.75) is 19.6 Å². The molecule has 0 aromatic heterocycles. The molecule has 0 bridgehead atoms. The van der Waals surface area contributed by atoms with Gasteiger partial charge in [-0.05, 0) is 106 Å². The second kappa shape index (κ2) is 12.7. The Kier molecular flexibility index (Phi) is 7.65. The van der Waals surface area contributed by atoms with Gasteiger partial charge in [0.25, 0.3) is 0 Å². The predicted molar refractivity (Wildman–Crippen MR) is 211 cm³/mol. The van der Waals surface area contributed by atoms with Crippen LogP contribution in [-0.2, 0) is 0 Å². The van der Waals surface area contributed by atoms with Gasteiger partial charge < -0.3 is 4.90 Å². The van der Waals surface area contributed by atoms with Crippen LogP contribution in [0.3, 0.4) is 0 Å². The van der Waals surface area contributed by atoms with Crippen LogP contribution in [0.15, 0.2) is 232 Å². The molecule has 8 aromatic rings. The number of hydrogen-bond donors (Lipinski definition) is 0. The lowest BCUT2D eigenvalue weighted by atomic mass is 10.0. The molecule has 0 N–H and O–H groups in total. The highest BCUT2D eigenvalue weighted by Gasteiger charge is 2.42. The van der Waals surface area contributed by atoms with Crippen LogP contribution in [0.1, 0.15) is 0 Å². The van der Waals surface area contributed by atoms with E-state index in [0.29, 0.717) is 0 Å². The summed E-state index contributed by atoms with van der Waals surface area (Å²) in [7, 11) is -1.70. The zero-order valence-electron chi connectivity index (χ0n) is 27.6. The van der Waals surface area contributed by atoms with E-state index < -0.39 is 10.0 Å². The van der Waals surface area contributed by atoms with E-state index >= 15 is 0 Å². The third-order valence-electron chi connectivity index (χ3n) is 9.72. The van der Waals surface area contributed by atoms with Gasteiger partial charge >= 0.3 is 0 Å². The molecule has 0 saturated heterocycles. The molecule has 9 rings (SSSR count). The minimum Gasteiger partial charge on any atom is -0.310 e. The minimum absolute atomic E-state index is 1.12. The van der Waals surface area contributed by atoms with E-state index in [4.69, 9.17) is 0 Å². The van der Waals surface area contributed by atoms with Crippen LogP contribution in [0.2, 0.25) is 0 Å². The molecule has 0 unspecified atom stereocenters. The molecule has 1 aliphatic rings. The summed E-state index contributed by atoms with van der Waals surface area (Å²) >= 11 is 0. The Morgan fingerprint density at radius 3 is 1.16 bits per heavy atom. The van der Waals surface area contributed by atoms with Crippen molar-refractivity contribution in [2.24, 2.45) is 0 Å². The summed E-state index contributed by atoms with van der Waals surface area (Å²) in [6, 6.07) is 77.6. The molecule has 0 fully saturated rings. The maximum absolute atomic E-state index is 2.42. The lowest BCUT2D eigenvalue weighted by Crippen LogP contribution is -2.10. The fourth-order valence-corrected chi connectivity index (χ4v) is 11.6. The van der Waals surface area contributed by atoms with Crippen LogP contribution in [0.4, 0.5) is 17.1 Å². The van der Waals surface area contributed by atoms with Crippen molar-refractivity contribution in [3.05, 3.63) is 212 Å². The highest BCUT2D eigenvalue weighted by atomic mass is 32.3. The van der Waals surface area contributed by atoms with Crippen LogP contribution < -0.4 is 4.90 Å². The van der Waals surface area contributed by atoms with Crippen molar-refractivity contribution < 1.29 is 0 Å². The molecule has 0 amide bonds. The number of benzene rings is 8. The monoisotopic (exact) mass is 657 g/mol. The Hall–Kier alpha value is -6.09. The first-order valence-electron chi connectivity index (χ1n) is 17.1. The van der Waals surface area contributed by atoms with Crippen molar-refractivity contribution in [3.8, 4) is 33.4 Å². The summed E-state index contributed by atoms with van der Waals surface area (Å²) in [5.41, 5.74) is 10.8. The standard InChI is InChI=1S/C48H35NS/c1-5-15-36(16-6-1)38-25-29-40(30-26-38)49(41-31-27-39(28-32-41)37-17-7-2-8-18-37)42-33-34-48-46(35-42)45-23-13-14-24-47(45)50(48,43-19-9-3-10-20-43)44-21-11-4-12-22-44/h1-35H. The summed E-state index contributed by atoms with van der Waals surface area (Å²) in [5.74, 6) is 0. The Morgan fingerprint density at radius 2 is 0.660 bits per heavy atom. The van der Waals surface area contributed by atoms with Gasteiger partial charge in [-0.2, -0.15) is 0 Å². The summed E-state index contributed by atoms with van der Waals surface area (Å²) in [4.78, 5) is 7.89. The second-order valence-corrected chi connectivity index (χ2v) is 15.6. The lowest BCUT2D eigenvalue weighted by Gasteiger charge is -2.39. The highest BCUT2D eigenvalue weighted by molar-refractivity contribution is 8.34. The predicted octanol–water partition coefficient (Wildman–Crippen LogP) is 13.8. The van der Waals surface area contributed by atoms with Gasteiger partial charge in [-0.25, -0.2) is 0 Å². The van der Waals surface area contributed by atoms with Crippen molar-refractivity contribution in [1.82, 2.24) is 0 Å². The molecule has 0 spiro atoms. The molecule has 238 valence electrons. The highest BCUT2D eigenvalue weighted by Crippen LogP contribution is 2.80. The molecule has 50 heavy (non-hydrogen) atoms. The normalized spacial score (nSPS) is 13.2. The molecule has 0 radical (unpaired) electrons. The summed E-state index contributed by atoms with van der Waals surface area (Å²) < 4.78 is 0. The topological polar surface area (TPSA) is 3.24 Å². The van der Waals surface area contributed by atoms with Gasteiger partial charge in [0.1, 0.15) is 0 Å². The molecule has 1 aliphatic heterocycles. The number of nitrogens with zero attached hydrogens (tertiary/aromatic N) is 1. The largest absolute Gasteiger partial charge is 0.310 e. The minimum atomic E-state index is -1.70. The summed E-state index contributed by atoms with van der Waals surface area (Å²) in [6.45, 7) is 0. The molecule has 1 nitrogen and oxygen atoms in total. The molecule has 1 heterocycles. The maximum Gasteiger partial charge on any atom is 0.0468 e. The summed E-state index contributed by atoms with van der Waals surface area (Å²) in [6.07, 6.45) is 0. The van der Waals surface area contributed by atoms with E-state index in [1.165, 1.54) is 53.0 Å². The fraction of sp³-hybridized carbons (Fsp3) is 0. The Morgan fingerprint density at radius 1 is 0.280 bits per heavy atom. The quantitative estimate of drug-likeness (QED) is 0.165. The van der Waals surface area contributed by atoms with Gasteiger partial charge in [-0.3, -0.25) is 0 Å². The zero-order chi connectivity index (χ0) is 33.3. The van der Waals surface area contributed by atoms with Crippen molar-refractivity contribution in [2.75, 3.05) is 4.90 Å². The van der Waals surface area contributed by atoms with Gasteiger partial charge in [0.2, 0.25) is 0 Å². The Labute approximate surface area is 296 Å². The zero-order valence-corrected chi connectivity index (χ0v) is 28.4. The van der Waals surface area contributed by atoms with E-state index in [-0.39, 0.29) is 0 Å². The number of fused-ring (bicyclic) bond motifs is 3. The van der Waals surface area contributed by atoms with E-state index in [1.54, 1.807) is 0 Å². The second-order valence-electron chi connectivity index (χ2n) is 12.6. The third-order valence-corrected chi connectivity index (χ3v) is 13.7. The molecule has 0 aliphatic carbocycles. The average molecular weight is 658 g/mol. The Balaban J connectivity index is 1.23. The van der Waals surface area contributed by atoms with Gasteiger partial charge in [0, 0.05) is 36.6 Å². The van der Waals surface area contributed by atoms with E-state index in [9.17, 15) is 0 Å². The first-order chi connectivity index (χ1) is 24.8. The molecule has 2 heteroatoms. The molecule has 8 aromatic carbocycles. The average Bonchev–Trinajstić information content (AvgIpc) is 3.50. The molecule has 0 saturated carbocycles. The smallest absolute Gasteiger partial charge is 0.0468 e. The summed E-state index contributed by atoms with van der Waals surface area (Å²) in [5, 5.41) is 0. The van der Waals surface area contributed by atoms with Crippen LogP contribution >= 0.6 is 10.0 Å². The number of anilines is 3. The van der Waals surface area contributed by atoms with Crippen LogP contribution in [0.25, 0.3) is 33.4 Å². The Bertz CT molecular complexity index is 2260. The lowest BCUT2D eigenvalue weighted by molar-refractivity contribution is 1.26. The van der Waals surface area contributed by atoms with Gasteiger partial charge in [0.15, 0.2) is 0 Å². The first kappa shape index (κ1) is 30.0. The molecular formula is C48H35NS. The van der Waals surface area contributed by atoms with Crippen molar-refractivity contribution >= 4 is 27.1 Å². The van der Waals surface area contributed by atoms with Gasteiger partial charge in [0.05, 0.1) is 0 Å². The van der Waals surface area contributed by atoms with Crippen molar-refractivity contribution in [1.29, 1.82) is 0 Å². The van der Waals surface area contributed by atoms with Gasteiger partial charge in [-0.15, -0.1) is 10.0 Å². The van der Waals surface area contributed by atoms with Crippen LogP contribution in [0.5, 0.6) is 0 Å². The van der Waals surface area contributed by atoms with Crippen LogP contribution in [0, 0.1) is 0 Å². The van der Waals surface area contributed by atoms with E-state index in [0.717, 1.165) is 17.1 Å². The molecular weight excluding hydrogens is 623 g/mol. The fourth-order valence-electron chi connectivity index (χ4n) is 7.42. The number of hydrogen-bond acceptors (Lipinski definition) is 1. The third kappa shape index (κ3) is 5.05. The maximum atomic E-state index is 2.42. The van der Waals surface area contributed by atoms with E-state index in [1.807, 2.05) is 0 Å². The van der Waals surface area contributed by atoms with Gasteiger partial charge in [-0.1, -0.05) is 140 Å².